The van der Waals surface area contributed by atoms with Gasteiger partial charge in [-0.25, -0.2) is 8.42 Å². The average Bonchev–Trinajstić information content (AvgIpc) is 2.71. The van der Waals surface area contributed by atoms with Crippen molar-refractivity contribution < 1.29 is 27.5 Å². The standard InChI is InChI=1S/C22H28N2O6S/c1-5-29-20-12-11-19(13-16(20)3)31(27,28)24(4)15-21(25)23-18-9-7-17(8-10-18)14-22(26)30-6-2/h7-13H,5-6,14-15H2,1-4H3,(H,23,25). The van der Waals surface area contributed by atoms with Gasteiger partial charge < -0.3 is 14.8 Å². The summed E-state index contributed by atoms with van der Waals surface area (Å²) in [7, 11) is -2.49. The molecule has 2 aromatic rings. The highest BCUT2D eigenvalue weighted by molar-refractivity contribution is 7.89. The fraction of sp³-hybridized carbons (Fsp3) is 0.364. The van der Waals surface area contributed by atoms with Crippen molar-refractivity contribution in [3.8, 4) is 5.75 Å². The number of esters is 1. The summed E-state index contributed by atoms with van der Waals surface area (Å²) >= 11 is 0. The molecule has 31 heavy (non-hydrogen) atoms. The summed E-state index contributed by atoms with van der Waals surface area (Å²) in [4.78, 5) is 24.0. The first-order chi connectivity index (χ1) is 14.7. The van der Waals surface area contributed by atoms with Gasteiger partial charge in [0.25, 0.3) is 0 Å². The zero-order valence-electron chi connectivity index (χ0n) is 18.2. The molecule has 0 fully saturated rings. The van der Waals surface area contributed by atoms with E-state index in [0.717, 1.165) is 9.87 Å². The van der Waals surface area contributed by atoms with Gasteiger partial charge in [-0.2, -0.15) is 4.31 Å². The molecule has 0 saturated heterocycles. The van der Waals surface area contributed by atoms with E-state index >= 15 is 0 Å². The highest BCUT2D eigenvalue weighted by Crippen LogP contribution is 2.23. The van der Waals surface area contributed by atoms with Gasteiger partial charge in [-0.15, -0.1) is 0 Å². The van der Waals surface area contributed by atoms with Gasteiger partial charge in [0.05, 0.1) is 31.1 Å². The molecule has 0 spiro atoms. The third-order valence-electron chi connectivity index (χ3n) is 4.41. The minimum atomic E-state index is -3.84. The van der Waals surface area contributed by atoms with Crippen LogP contribution in [0.2, 0.25) is 0 Å². The number of ether oxygens (including phenoxy) is 2. The average molecular weight is 449 g/mol. The normalized spacial score (nSPS) is 11.3. The maximum atomic E-state index is 12.8. The Kier molecular flexibility index (Phi) is 8.58. The van der Waals surface area contributed by atoms with Crippen LogP contribution in [-0.2, 0) is 30.8 Å². The van der Waals surface area contributed by atoms with Gasteiger partial charge in [-0.05, 0) is 62.2 Å². The lowest BCUT2D eigenvalue weighted by molar-refractivity contribution is -0.142. The Morgan fingerprint density at radius 3 is 2.29 bits per heavy atom. The number of carbonyl (C=O) groups is 2. The third kappa shape index (κ3) is 6.80. The van der Waals surface area contributed by atoms with Crippen molar-refractivity contribution in [2.75, 3.05) is 32.1 Å². The van der Waals surface area contributed by atoms with Crippen LogP contribution in [0.3, 0.4) is 0 Å². The second-order valence-corrected chi connectivity index (χ2v) is 8.89. The van der Waals surface area contributed by atoms with E-state index in [4.69, 9.17) is 9.47 Å². The zero-order chi connectivity index (χ0) is 23.0. The number of benzene rings is 2. The van der Waals surface area contributed by atoms with Gasteiger partial charge in [-0.1, -0.05) is 12.1 Å². The molecule has 0 heterocycles. The number of hydrogen-bond donors (Lipinski definition) is 1. The number of sulfonamides is 1. The lowest BCUT2D eigenvalue weighted by atomic mass is 10.1. The van der Waals surface area contributed by atoms with Crippen molar-refractivity contribution in [3.63, 3.8) is 0 Å². The number of hydrogen-bond acceptors (Lipinski definition) is 6. The molecule has 9 heteroatoms. The third-order valence-corrected chi connectivity index (χ3v) is 6.21. The van der Waals surface area contributed by atoms with Gasteiger partial charge in [0.1, 0.15) is 5.75 Å². The van der Waals surface area contributed by atoms with Crippen LogP contribution in [0.15, 0.2) is 47.4 Å². The van der Waals surface area contributed by atoms with Gasteiger partial charge in [-0.3, -0.25) is 9.59 Å². The van der Waals surface area contributed by atoms with Crippen molar-refractivity contribution >= 4 is 27.6 Å². The summed E-state index contributed by atoms with van der Waals surface area (Å²) in [6.07, 6.45) is 0.143. The number of anilines is 1. The molecule has 0 unspecified atom stereocenters. The molecule has 0 aliphatic heterocycles. The summed E-state index contributed by atoms with van der Waals surface area (Å²) in [5.74, 6) is -0.184. The van der Waals surface area contributed by atoms with Crippen molar-refractivity contribution in [2.45, 2.75) is 32.1 Å². The fourth-order valence-electron chi connectivity index (χ4n) is 2.85. The van der Waals surface area contributed by atoms with Gasteiger partial charge in [0, 0.05) is 12.7 Å². The van der Waals surface area contributed by atoms with Crippen molar-refractivity contribution in [2.24, 2.45) is 0 Å². The summed E-state index contributed by atoms with van der Waals surface area (Å²) in [6, 6.07) is 11.3. The predicted octanol–water partition coefficient (Wildman–Crippen LogP) is 2.76. The molecule has 0 atom stereocenters. The van der Waals surface area contributed by atoms with E-state index in [1.807, 2.05) is 6.92 Å². The Morgan fingerprint density at radius 2 is 1.71 bits per heavy atom. The Labute approximate surface area is 183 Å². The second-order valence-electron chi connectivity index (χ2n) is 6.85. The Bertz CT molecular complexity index is 1020. The van der Waals surface area contributed by atoms with E-state index in [0.29, 0.717) is 30.2 Å². The minimum absolute atomic E-state index is 0.0899. The molecule has 168 valence electrons. The van der Waals surface area contributed by atoms with E-state index in [1.54, 1.807) is 44.2 Å². The maximum Gasteiger partial charge on any atom is 0.310 e. The molecule has 0 aliphatic rings. The summed E-state index contributed by atoms with van der Waals surface area (Å²) < 4.78 is 36.9. The molecular weight excluding hydrogens is 420 g/mol. The van der Waals surface area contributed by atoms with E-state index in [2.05, 4.69) is 5.32 Å². The first-order valence-electron chi connectivity index (χ1n) is 9.91. The SMILES string of the molecule is CCOC(=O)Cc1ccc(NC(=O)CN(C)S(=O)(=O)c2ccc(OCC)c(C)c2)cc1. The molecule has 1 N–H and O–H groups in total. The van der Waals surface area contributed by atoms with Crippen molar-refractivity contribution in [1.29, 1.82) is 0 Å². The zero-order valence-corrected chi connectivity index (χ0v) is 19.0. The van der Waals surface area contributed by atoms with Gasteiger partial charge >= 0.3 is 5.97 Å². The molecule has 0 bridgehead atoms. The van der Waals surface area contributed by atoms with Crippen LogP contribution in [0.25, 0.3) is 0 Å². The van der Waals surface area contributed by atoms with E-state index < -0.39 is 15.9 Å². The first kappa shape index (κ1) is 24.4. The molecule has 0 radical (unpaired) electrons. The summed E-state index contributed by atoms with van der Waals surface area (Å²) in [5, 5.41) is 2.66. The van der Waals surface area contributed by atoms with Crippen LogP contribution < -0.4 is 10.1 Å². The second kappa shape index (κ2) is 10.9. The van der Waals surface area contributed by atoms with Crippen LogP contribution in [0.5, 0.6) is 5.75 Å². The van der Waals surface area contributed by atoms with Gasteiger partial charge in [0.15, 0.2) is 0 Å². The van der Waals surface area contributed by atoms with Crippen molar-refractivity contribution in [3.05, 3.63) is 53.6 Å². The Morgan fingerprint density at radius 1 is 1.03 bits per heavy atom. The number of likely N-dealkylation sites (N-methyl/N-ethyl adjacent to an activating group) is 1. The number of aryl methyl sites for hydroxylation is 1. The number of rotatable bonds is 10. The molecule has 0 aliphatic carbocycles. The molecule has 2 aromatic carbocycles. The number of amides is 1. The quantitative estimate of drug-likeness (QED) is 0.561. The minimum Gasteiger partial charge on any atom is -0.494 e. The number of nitrogens with one attached hydrogen (secondary N) is 1. The van der Waals surface area contributed by atoms with Crippen molar-refractivity contribution in [1.82, 2.24) is 4.31 Å². The van der Waals surface area contributed by atoms with Gasteiger partial charge in [0.2, 0.25) is 15.9 Å². The molecule has 2 rings (SSSR count). The lowest BCUT2D eigenvalue weighted by Crippen LogP contribution is -2.35. The van der Waals surface area contributed by atoms with E-state index in [-0.39, 0.29) is 23.8 Å². The molecule has 0 aromatic heterocycles. The summed E-state index contributed by atoms with van der Waals surface area (Å²) in [5.41, 5.74) is 1.95. The molecule has 0 saturated carbocycles. The fourth-order valence-corrected chi connectivity index (χ4v) is 4.06. The van der Waals surface area contributed by atoms with E-state index in [1.165, 1.54) is 19.2 Å². The van der Waals surface area contributed by atoms with Crippen LogP contribution >= 0.6 is 0 Å². The molecule has 1 amide bonds. The maximum absolute atomic E-state index is 12.8. The van der Waals surface area contributed by atoms with Crippen LogP contribution in [-0.4, -0.2) is 51.4 Å². The monoisotopic (exact) mass is 448 g/mol. The highest BCUT2D eigenvalue weighted by atomic mass is 32.2. The summed E-state index contributed by atoms with van der Waals surface area (Å²) in [6.45, 7) is 5.81. The van der Waals surface area contributed by atoms with Crippen LogP contribution in [0, 0.1) is 6.92 Å². The molecule has 8 nitrogen and oxygen atoms in total. The lowest BCUT2D eigenvalue weighted by Gasteiger charge is -2.18. The number of carbonyl (C=O) groups excluding carboxylic acids is 2. The predicted molar refractivity (Wildman–Crippen MR) is 118 cm³/mol. The largest absolute Gasteiger partial charge is 0.494 e. The highest BCUT2D eigenvalue weighted by Gasteiger charge is 2.23. The van der Waals surface area contributed by atoms with Crippen LogP contribution in [0.1, 0.15) is 25.0 Å². The van der Waals surface area contributed by atoms with Crippen LogP contribution in [0.4, 0.5) is 5.69 Å². The smallest absolute Gasteiger partial charge is 0.310 e. The number of nitrogens with zero attached hydrogens (tertiary/aromatic N) is 1. The Hall–Kier alpha value is -2.91. The Balaban J connectivity index is 1.99. The molecular formula is C22H28N2O6S. The van der Waals surface area contributed by atoms with E-state index in [9.17, 15) is 18.0 Å². The topological polar surface area (TPSA) is 102 Å². The first-order valence-corrected chi connectivity index (χ1v) is 11.4.